The molecule has 1 aliphatic carbocycles. The zero-order valence-corrected chi connectivity index (χ0v) is 19.9. The van der Waals surface area contributed by atoms with Gasteiger partial charge in [0.2, 0.25) is 0 Å². The van der Waals surface area contributed by atoms with E-state index in [-0.39, 0.29) is 23.8 Å². The number of alkyl halides is 3. The van der Waals surface area contributed by atoms with E-state index in [2.05, 4.69) is 15.4 Å². The number of aromatic nitrogens is 2. The third-order valence-corrected chi connectivity index (χ3v) is 7.08. The molecule has 3 atom stereocenters. The molecule has 0 spiro atoms. The van der Waals surface area contributed by atoms with Crippen molar-refractivity contribution in [1.29, 1.82) is 0 Å². The monoisotopic (exact) mass is 517 g/mol. The van der Waals surface area contributed by atoms with Crippen molar-refractivity contribution in [2.24, 2.45) is 22.0 Å². The third-order valence-electron chi connectivity index (χ3n) is 6.62. The predicted octanol–water partition coefficient (Wildman–Crippen LogP) is 4.10. The summed E-state index contributed by atoms with van der Waals surface area (Å²) in [5.41, 5.74) is -1.81. The minimum atomic E-state index is -4.60. The molecule has 4 rings (SSSR count). The Morgan fingerprint density at radius 2 is 2.00 bits per heavy atom. The van der Waals surface area contributed by atoms with Crippen LogP contribution in [0.25, 0.3) is 11.3 Å². The van der Waals surface area contributed by atoms with Crippen molar-refractivity contribution in [2.45, 2.75) is 50.9 Å². The van der Waals surface area contributed by atoms with Crippen molar-refractivity contribution in [3.05, 3.63) is 35.6 Å². The highest BCUT2D eigenvalue weighted by molar-refractivity contribution is 7.84. The van der Waals surface area contributed by atoms with E-state index in [0.717, 1.165) is 37.8 Å². The van der Waals surface area contributed by atoms with Crippen LogP contribution < -0.4 is 10.5 Å². The number of nitrogens with two attached hydrogens (primary N) is 1. The Balaban J connectivity index is 1.42. The van der Waals surface area contributed by atoms with Crippen molar-refractivity contribution < 1.29 is 30.2 Å². The van der Waals surface area contributed by atoms with E-state index in [0.29, 0.717) is 30.8 Å². The molecule has 0 amide bonds. The highest BCUT2D eigenvalue weighted by Crippen LogP contribution is 2.37. The molecular formula is C22H27F4N5O3S. The Morgan fingerprint density at radius 3 is 2.71 bits per heavy atom. The Kier molecular flexibility index (Phi) is 7.06. The Bertz CT molecular complexity index is 1210. The van der Waals surface area contributed by atoms with Crippen LogP contribution >= 0.6 is 0 Å². The van der Waals surface area contributed by atoms with Crippen LogP contribution in [0.3, 0.4) is 0 Å². The quantitative estimate of drug-likeness (QED) is 0.512. The lowest BCUT2D eigenvalue weighted by atomic mass is 10.0. The second-order valence-corrected chi connectivity index (χ2v) is 10.5. The van der Waals surface area contributed by atoms with E-state index in [1.807, 2.05) is 6.92 Å². The van der Waals surface area contributed by atoms with E-state index in [9.17, 15) is 26.0 Å². The minimum Gasteiger partial charge on any atom is -0.293 e. The minimum absolute atomic E-state index is 0.0733. The molecule has 0 saturated heterocycles. The number of benzene rings is 1. The van der Waals surface area contributed by atoms with E-state index in [1.165, 1.54) is 6.07 Å². The van der Waals surface area contributed by atoms with Gasteiger partial charge < -0.3 is 0 Å². The van der Waals surface area contributed by atoms with Crippen LogP contribution in [0.15, 0.2) is 29.3 Å². The zero-order chi connectivity index (χ0) is 25.4. The molecule has 8 nitrogen and oxygen atoms in total. The van der Waals surface area contributed by atoms with Crippen LogP contribution in [0.5, 0.6) is 0 Å². The van der Waals surface area contributed by atoms with Gasteiger partial charge in [-0.1, -0.05) is 6.42 Å². The van der Waals surface area contributed by atoms with Crippen molar-refractivity contribution in [2.75, 3.05) is 13.2 Å². The first kappa shape index (κ1) is 25.7. The summed E-state index contributed by atoms with van der Waals surface area (Å²) < 4.78 is 82.1. The normalized spacial score (nSPS) is 24.6. The van der Waals surface area contributed by atoms with Gasteiger partial charge in [-0.15, -0.1) is 0 Å². The van der Waals surface area contributed by atoms with Crippen molar-refractivity contribution in [3.63, 3.8) is 0 Å². The first-order valence-corrected chi connectivity index (χ1v) is 12.7. The summed E-state index contributed by atoms with van der Waals surface area (Å²) in [6, 6.07) is 3.73. The first-order chi connectivity index (χ1) is 16.3. The summed E-state index contributed by atoms with van der Waals surface area (Å²) in [6.45, 7) is 2.62. The van der Waals surface area contributed by atoms with Crippen molar-refractivity contribution in [1.82, 2.24) is 15.1 Å². The Hall–Kier alpha value is -2.35. The Morgan fingerprint density at radius 1 is 1.26 bits per heavy atom. The number of nitrogens with one attached hydrogen (secondary N) is 1. The Labute approximate surface area is 200 Å². The molecule has 0 radical (unpaired) electrons. The number of rotatable bonds is 8. The molecule has 1 fully saturated rings. The maximum atomic E-state index is 14.4. The van der Waals surface area contributed by atoms with Crippen LogP contribution in [0.4, 0.5) is 23.4 Å². The molecule has 2 aromatic rings. The maximum Gasteiger partial charge on any atom is 0.416 e. The molecule has 0 bridgehead atoms. The molecule has 35 heavy (non-hydrogen) atoms. The van der Waals surface area contributed by atoms with Crippen LogP contribution in [-0.4, -0.2) is 37.6 Å². The maximum absolute atomic E-state index is 14.4. The molecule has 192 valence electrons. The number of hydrogen-bond donors (Lipinski definition) is 2. The van der Waals surface area contributed by atoms with Gasteiger partial charge in [-0.3, -0.25) is 9.50 Å². The SMILES string of the molecule is CC1(NCCC2CCC(COS(N)(=O)=O)C2)CC=Nc2cc(-c3cc(C(F)(F)F)ccc3F)nn21. The first-order valence-electron chi connectivity index (χ1n) is 11.3. The fraction of sp³-hybridized carbons (Fsp3) is 0.545. The number of nitrogens with zero attached hydrogens (tertiary/aromatic N) is 3. The van der Waals surface area contributed by atoms with Gasteiger partial charge in [0.25, 0.3) is 0 Å². The summed E-state index contributed by atoms with van der Waals surface area (Å²) in [5, 5.41) is 12.8. The van der Waals surface area contributed by atoms with E-state index in [1.54, 1.807) is 10.9 Å². The number of aliphatic imine (C=N–C) groups is 1. The van der Waals surface area contributed by atoms with E-state index in [4.69, 9.17) is 9.32 Å². The highest BCUT2D eigenvalue weighted by Gasteiger charge is 2.34. The number of hydrogen-bond acceptors (Lipinski definition) is 6. The standard InChI is InChI=1S/C22H27F4N5O3S/c1-21(29-8-6-14-2-3-15(10-14)13-34-35(27,32)33)7-9-28-20-12-19(30-31(20)21)17-11-16(22(24,25)26)4-5-18(17)23/h4-5,9,11-12,14-15,29H,2-3,6-8,10,13H2,1H3,(H2,27,32,33). The second kappa shape index (κ2) is 9.60. The third kappa shape index (κ3) is 6.08. The van der Waals surface area contributed by atoms with Crippen LogP contribution in [-0.2, 0) is 26.3 Å². The highest BCUT2D eigenvalue weighted by atomic mass is 32.2. The van der Waals surface area contributed by atoms with Crippen molar-refractivity contribution in [3.8, 4) is 11.3 Å². The summed E-state index contributed by atoms with van der Waals surface area (Å²) in [7, 11) is -3.94. The van der Waals surface area contributed by atoms with Gasteiger partial charge in [0, 0.05) is 24.3 Å². The molecule has 2 heterocycles. The number of halogens is 4. The molecule has 1 saturated carbocycles. The summed E-state index contributed by atoms with van der Waals surface area (Å²) in [4.78, 5) is 4.29. The van der Waals surface area contributed by atoms with Gasteiger partial charge in [-0.25, -0.2) is 19.2 Å². The van der Waals surface area contributed by atoms with Gasteiger partial charge in [0.1, 0.15) is 11.5 Å². The second-order valence-electron chi connectivity index (χ2n) is 9.32. The molecule has 3 unspecified atom stereocenters. The van der Waals surface area contributed by atoms with Gasteiger partial charge in [0.05, 0.1) is 17.9 Å². The smallest absolute Gasteiger partial charge is 0.293 e. The average Bonchev–Trinajstić information content (AvgIpc) is 3.39. The van der Waals surface area contributed by atoms with E-state index < -0.39 is 33.5 Å². The average molecular weight is 518 g/mol. The zero-order valence-electron chi connectivity index (χ0n) is 19.1. The lowest BCUT2D eigenvalue weighted by Crippen LogP contribution is -2.47. The largest absolute Gasteiger partial charge is 0.416 e. The number of fused-ring (bicyclic) bond motifs is 1. The fourth-order valence-electron chi connectivity index (χ4n) is 4.74. The van der Waals surface area contributed by atoms with Gasteiger partial charge in [0.15, 0.2) is 5.82 Å². The topological polar surface area (TPSA) is 112 Å². The van der Waals surface area contributed by atoms with Crippen LogP contribution in [0, 0.1) is 17.7 Å². The fourth-order valence-corrected chi connectivity index (χ4v) is 5.12. The van der Waals surface area contributed by atoms with Gasteiger partial charge >= 0.3 is 16.5 Å². The lowest BCUT2D eigenvalue weighted by Gasteiger charge is -2.33. The summed E-state index contributed by atoms with van der Waals surface area (Å²) in [5.74, 6) is 0.149. The van der Waals surface area contributed by atoms with Gasteiger partial charge in [-0.05, 0) is 62.8 Å². The van der Waals surface area contributed by atoms with Crippen LogP contribution in [0.2, 0.25) is 0 Å². The molecule has 1 aromatic carbocycles. The molecule has 1 aliphatic heterocycles. The van der Waals surface area contributed by atoms with Gasteiger partial charge in [-0.2, -0.15) is 26.7 Å². The summed E-state index contributed by atoms with van der Waals surface area (Å²) >= 11 is 0. The lowest BCUT2D eigenvalue weighted by molar-refractivity contribution is -0.137. The predicted molar refractivity (Wildman–Crippen MR) is 122 cm³/mol. The molecular weight excluding hydrogens is 490 g/mol. The van der Waals surface area contributed by atoms with Crippen molar-refractivity contribution >= 4 is 22.3 Å². The van der Waals surface area contributed by atoms with E-state index >= 15 is 0 Å². The molecule has 3 N–H and O–H groups in total. The molecule has 13 heteroatoms. The van der Waals surface area contributed by atoms with Crippen LogP contribution in [0.1, 0.15) is 44.6 Å². The molecule has 2 aliphatic rings. The summed E-state index contributed by atoms with van der Waals surface area (Å²) in [6.07, 6.45) is 1.07. The molecule has 1 aromatic heterocycles.